The number of nitrogens with one attached hydrogen (secondary N) is 2. The molecule has 0 aliphatic heterocycles. The summed E-state index contributed by atoms with van der Waals surface area (Å²) in [4.78, 5) is 17.6. The molecule has 0 saturated heterocycles. The Labute approximate surface area is 151 Å². The molecule has 0 bridgehead atoms. The number of hydrogen-bond donors (Lipinski definition) is 2. The third-order valence-corrected chi connectivity index (χ3v) is 5.04. The van der Waals surface area contributed by atoms with Gasteiger partial charge in [-0.3, -0.25) is 0 Å². The number of aromatic nitrogens is 1. The molecule has 0 unspecified atom stereocenters. The maximum Gasteiger partial charge on any atom is 0.319 e. The van der Waals surface area contributed by atoms with Crippen LogP contribution in [0.5, 0.6) is 0 Å². The molecule has 0 spiro atoms. The lowest BCUT2D eigenvalue weighted by atomic mass is 10.0. The van der Waals surface area contributed by atoms with E-state index in [1.54, 1.807) is 6.26 Å². The van der Waals surface area contributed by atoms with E-state index in [-0.39, 0.29) is 6.03 Å². The summed E-state index contributed by atoms with van der Waals surface area (Å²) in [5.41, 5.74) is 2.92. The van der Waals surface area contributed by atoms with Gasteiger partial charge in [-0.1, -0.05) is 26.0 Å². The number of furan rings is 1. The largest absolute Gasteiger partial charge is 0.462 e. The Hall–Kier alpha value is -2.60. The van der Waals surface area contributed by atoms with Gasteiger partial charge in [-0.25, -0.2) is 9.78 Å². The fourth-order valence-electron chi connectivity index (χ4n) is 2.38. The lowest BCUT2D eigenvalue weighted by molar-refractivity contribution is 0.252. The Morgan fingerprint density at radius 1 is 1.24 bits per heavy atom. The van der Waals surface area contributed by atoms with Crippen molar-refractivity contribution in [1.82, 2.24) is 10.3 Å². The lowest BCUT2D eigenvalue weighted by Gasteiger charge is -2.09. The van der Waals surface area contributed by atoms with Crippen molar-refractivity contribution in [2.45, 2.75) is 33.2 Å². The van der Waals surface area contributed by atoms with E-state index in [4.69, 9.17) is 4.42 Å². The van der Waals surface area contributed by atoms with E-state index in [1.807, 2.05) is 43.3 Å². The van der Waals surface area contributed by atoms with Crippen molar-refractivity contribution in [1.29, 1.82) is 0 Å². The molecule has 25 heavy (non-hydrogen) atoms. The minimum Gasteiger partial charge on any atom is -0.462 e. The van der Waals surface area contributed by atoms with Crippen LogP contribution in [-0.4, -0.2) is 11.0 Å². The Balaban J connectivity index is 1.57. The second-order valence-corrected chi connectivity index (χ2v) is 7.17. The van der Waals surface area contributed by atoms with Crippen LogP contribution in [0.25, 0.3) is 10.8 Å². The first-order valence-corrected chi connectivity index (χ1v) is 8.99. The van der Waals surface area contributed by atoms with Crippen molar-refractivity contribution < 1.29 is 9.21 Å². The van der Waals surface area contributed by atoms with Gasteiger partial charge in [0.05, 0.1) is 18.5 Å². The summed E-state index contributed by atoms with van der Waals surface area (Å²) in [5.74, 6) is 1.22. The Bertz CT molecular complexity index is 836. The number of thiazole rings is 1. The molecule has 2 aromatic heterocycles. The van der Waals surface area contributed by atoms with Crippen molar-refractivity contribution in [2.24, 2.45) is 0 Å². The van der Waals surface area contributed by atoms with Gasteiger partial charge < -0.3 is 15.1 Å². The highest BCUT2D eigenvalue weighted by molar-refractivity contribution is 7.15. The predicted octanol–water partition coefficient (Wildman–Crippen LogP) is 5.16. The number of rotatable bonds is 5. The molecule has 5 nitrogen and oxygen atoms in total. The second-order valence-electron chi connectivity index (χ2n) is 6.09. The predicted molar refractivity (Wildman–Crippen MR) is 101 cm³/mol. The first-order valence-electron chi connectivity index (χ1n) is 8.18. The van der Waals surface area contributed by atoms with Crippen molar-refractivity contribution in [3.63, 3.8) is 0 Å². The van der Waals surface area contributed by atoms with Crippen LogP contribution in [0.2, 0.25) is 0 Å². The van der Waals surface area contributed by atoms with Crippen molar-refractivity contribution in [2.75, 3.05) is 5.32 Å². The minimum absolute atomic E-state index is 0.232. The normalized spacial score (nSPS) is 10.9. The molecule has 1 aromatic carbocycles. The summed E-state index contributed by atoms with van der Waals surface area (Å²) in [5, 5.41) is 6.54. The maximum absolute atomic E-state index is 12.1. The van der Waals surface area contributed by atoms with Crippen LogP contribution in [0.15, 0.2) is 47.1 Å². The fraction of sp³-hybridized carbons (Fsp3) is 0.263. The van der Waals surface area contributed by atoms with E-state index in [0.717, 1.165) is 27.0 Å². The molecule has 0 saturated carbocycles. The number of benzene rings is 1. The Morgan fingerprint density at radius 2 is 2.00 bits per heavy atom. The number of amides is 2. The lowest BCUT2D eigenvalue weighted by Crippen LogP contribution is -2.28. The van der Waals surface area contributed by atoms with Crippen LogP contribution in [0.4, 0.5) is 10.5 Å². The molecule has 0 aliphatic carbocycles. The molecule has 2 amide bonds. The third kappa shape index (κ3) is 4.28. The summed E-state index contributed by atoms with van der Waals surface area (Å²) in [6.45, 7) is 6.65. The molecule has 0 atom stereocenters. The van der Waals surface area contributed by atoms with Crippen LogP contribution in [0, 0.1) is 6.92 Å². The molecular weight excluding hydrogens is 334 g/mol. The quantitative estimate of drug-likeness (QED) is 0.664. The average molecular weight is 355 g/mol. The van der Waals surface area contributed by atoms with Crippen molar-refractivity contribution in [3.05, 3.63) is 58.8 Å². The van der Waals surface area contributed by atoms with E-state index in [1.165, 1.54) is 16.9 Å². The van der Waals surface area contributed by atoms with E-state index >= 15 is 0 Å². The van der Waals surface area contributed by atoms with Crippen LogP contribution in [0.3, 0.4) is 0 Å². The van der Waals surface area contributed by atoms with Crippen LogP contribution in [0.1, 0.15) is 35.9 Å². The van der Waals surface area contributed by atoms with Crippen molar-refractivity contribution >= 4 is 23.1 Å². The second kappa shape index (κ2) is 7.53. The summed E-state index contributed by atoms with van der Waals surface area (Å²) in [7, 11) is 0. The van der Waals surface area contributed by atoms with E-state index in [2.05, 4.69) is 29.5 Å². The monoisotopic (exact) mass is 355 g/mol. The first-order chi connectivity index (χ1) is 12.0. The average Bonchev–Trinajstić information content (AvgIpc) is 3.23. The standard InChI is InChI=1S/C19H21N3O2S/c1-12(2)14-6-8-15(9-7-14)22-19(23)20-11-17-13(3)21-18(25-17)16-5-4-10-24-16/h4-10,12H,11H2,1-3H3,(H2,20,22,23). The molecule has 0 aliphatic rings. The topological polar surface area (TPSA) is 67.2 Å². The van der Waals surface area contributed by atoms with Gasteiger partial charge in [0.2, 0.25) is 0 Å². The molecule has 2 heterocycles. The van der Waals surface area contributed by atoms with Crippen LogP contribution < -0.4 is 10.6 Å². The summed E-state index contributed by atoms with van der Waals surface area (Å²) in [6, 6.07) is 11.4. The molecule has 2 N–H and O–H groups in total. The van der Waals surface area contributed by atoms with Crippen LogP contribution in [-0.2, 0) is 6.54 Å². The highest BCUT2D eigenvalue weighted by Crippen LogP contribution is 2.28. The number of anilines is 1. The smallest absolute Gasteiger partial charge is 0.319 e. The maximum atomic E-state index is 12.1. The molecule has 3 aromatic rings. The fourth-order valence-corrected chi connectivity index (χ4v) is 3.36. The third-order valence-electron chi connectivity index (χ3n) is 3.87. The summed E-state index contributed by atoms with van der Waals surface area (Å²) < 4.78 is 5.37. The van der Waals surface area contributed by atoms with Gasteiger partial charge in [0.1, 0.15) is 0 Å². The number of hydrogen-bond acceptors (Lipinski definition) is 4. The van der Waals surface area contributed by atoms with Gasteiger partial charge in [-0.05, 0) is 42.7 Å². The van der Waals surface area contributed by atoms with E-state index in [9.17, 15) is 4.79 Å². The van der Waals surface area contributed by atoms with Gasteiger partial charge in [0.25, 0.3) is 0 Å². The highest BCUT2D eigenvalue weighted by Gasteiger charge is 2.12. The van der Waals surface area contributed by atoms with Gasteiger partial charge in [-0.15, -0.1) is 11.3 Å². The number of urea groups is 1. The Kier molecular flexibility index (Phi) is 5.19. The molecule has 0 fully saturated rings. The van der Waals surface area contributed by atoms with Gasteiger partial charge >= 0.3 is 6.03 Å². The zero-order valence-electron chi connectivity index (χ0n) is 14.5. The number of aryl methyl sites for hydroxylation is 1. The zero-order chi connectivity index (χ0) is 17.8. The number of nitrogens with zero attached hydrogens (tertiary/aromatic N) is 1. The zero-order valence-corrected chi connectivity index (χ0v) is 15.3. The number of carbonyl (C=O) groups excluding carboxylic acids is 1. The molecule has 3 rings (SSSR count). The molecule has 0 radical (unpaired) electrons. The Morgan fingerprint density at radius 3 is 2.64 bits per heavy atom. The van der Waals surface area contributed by atoms with Crippen LogP contribution >= 0.6 is 11.3 Å². The molecular formula is C19H21N3O2S. The van der Waals surface area contributed by atoms with E-state index in [0.29, 0.717) is 12.5 Å². The number of carbonyl (C=O) groups is 1. The molecule has 6 heteroatoms. The highest BCUT2D eigenvalue weighted by atomic mass is 32.1. The van der Waals surface area contributed by atoms with Crippen molar-refractivity contribution in [3.8, 4) is 10.8 Å². The van der Waals surface area contributed by atoms with Gasteiger partial charge in [0.15, 0.2) is 10.8 Å². The summed E-state index contributed by atoms with van der Waals surface area (Å²) >= 11 is 1.52. The summed E-state index contributed by atoms with van der Waals surface area (Å²) in [6.07, 6.45) is 1.63. The minimum atomic E-state index is -0.232. The van der Waals surface area contributed by atoms with E-state index < -0.39 is 0 Å². The molecule has 130 valence electrons. The van der Waals surface area contributed by atoms with Gasteiger partial charge in [0, 0.05) is 10.6 Å². The first kappa shape index (κ1) is 17.2. The van der Waals surface area contributed by atoms with Gasteiger partial charge in [-0.2, -0.15) is 0 Å². The SMILES string of the molecule is Cc1nc(-c2ccco2)sc1CNC(=O)Nc1ccc(C(C)C)cc1.